The highest BCUT2D eigenvalue weighted by Gasteiger charge is 2.14. The zero-order chi connectivity index (χ0) is 14.7. The third-order valence-electron chi connectivity index (χ3n) is 3.74. The Bertz CT molecular complexity index is 674. The van der Waals surface area contributed by atoms with E-state index >= 15 is 0 Å². The SMILES string of the molecule is Cc1c(OCCN2CCOCC2)c2ccccc2oc1=O. The van der Waals surface area contributed by atoms with Gasteiger partial charge in [-0.15, -0.1) is 0 Å². The molecule has 0 radical (unpaired) electrons. The second-order valence-corrected chi connectivity index (χ2v) is 5.14. The minimum atomic E-state index is -0.338. The predicted molar refractivity (Wildman–Crippen MR) is 80.0 cm³/mol. The molecule has 0 bridgehead atoms. The minimum absolute atomic E-state index is 0.338. The van der Waals surface area contributed by atoms with Gasteiger partial charge >= 0.3 is 5.63 Å². The average Bonchev–Trinajstić information content (AvgIpc) is 2.52. The first-order valence-electron chi connectivity index (χ1n) is 7.21. The monoisotopic (exact) mass is 289 g/mol. The largest absolute Gasteiger partial charge is 0.491 e. The van der Waals surface area contributed by atoms with Crippen molar-refractivity contribution >= 4 is 11.0 Å². The Balaban J connectivity index is 1.76. The van der Waals surface area contributed by atoms with E-state index in [1.54, 1.807) is 13.0 Å². The Morgan fingerprint density at radius 1 is 1.24 bits per heavy atom. The van der Waals surface area contributed by atoms with Crippen LogP contribution >= 0.6 is 0 Å². The van der Waals surface area contributed by atoms with Gasteiger partial charge in [0.15, 0.2) is 0 Å². The molecule has 0 unspecified atom stereocenters. The Morgan fingerprint density at radius 3 is 2.81 bits per heavy atom. The Morgan fingerprint density at radius 2 is 2.00 bits per heavy atom. The highest BCUT2D eigenvalue weighted by molar-refractivity contribution is 5.84. The summed E-state index contributed by atoms with van der Waals surface area (Å²) in [5.41, 5.74) is 0.750. The molecule has 5 nitrogen and oxygen atoms in total. The van der Waals surface area contributed by atoms with Gasteiger partial charge in [-0.1, -0.05) is 12.1 Å². The van der Waals surface area contributed by atoms with Crippen molar-refractivity contribution in [3.05, 3.63) is 40.2 Å². The lowest BCUT2D eigenvalue weighted by Gasteiger charge is -2.26. The van der Waals surface area contributed by atoms with E-state index in [1.165, 1.54) is 0 Å². The van der Waals surface area contributed by atoms with Crippen LogP contribution in [0.25, 0.3) is 11.0 Å². The highest BCUT2D eigenvalue weighted by atomic mass is 16.5. The predicted octanol–water partition coefficient (Wildman–Crippen LogP) is 1.81. The van der Waals surface area contributed by atoms with E-state index in [1.807, 2.05) is 18.2 Å². The molecule has 0 N–H and O–H groups in total. The molecule has 2 heterocycles. The number of rotatable bonds is 4. The first-order valence-corrected chi connectivity index (χ1v) is 7.21. The average molecular weight is 289 g/mol. The molecule has 0 saturated carbocycles. The third-order valence-corrected chi connectivity index (χ3v) is 3.74. The molecule has 5 heteroatoms. The van der Waals surface area contributed by atoms with Crippen LogP contribution in [0, 0.1) is 6.92 Å². The van der Waals surface area contributed by atoms with Gasteiger partial charge in [-0.3, -0.25) is 4.90 Å². The summed E-state index contributed by atoms with van der Waals surface area (Å²) in [6.45, 7) is 6.53. The van der Waals surface area contributed by atoms with Crippen molar-refractivity contribution in [1.82, 2.24) is 4.90 Å². The summed E-state index contributed by atoms with van der Waals surface area (Å²) in [6, 6.07) is 7.45. The topological polar surface area (TPSA) is 51.9 Å². The maximum absolute atomic E-state index is 11.8. The van der Waals surface area contributed by atoms with Crippen molar-refractivity contribution in [1.29, 1.82) is 0 Å². The lowest BCUT2D eigenvalue weighted by molar-refractivity contribution is 0.0323. The number of para-hydroxylation sites is 1. The summed E-state index contributed by atoms with van der Waals surface area (Å²) >= 11 is 0. The van der Waals surface area contributed by atoms with E-state index in [0.717, 1.165) is 38.2 Å². The fraction of sp³-hybridized carbons (Fsp3) is 0.438. The molecule has 1 aliphatic heterocycles. The number of hydrogen-bond acceptors (Lipinski definition) is 5. The summed E-state index contributed by atoms with van der Waals surface area (Å²) in [4.78, 5) is 14.1. The smallest absolute Gasteiger partial charge is 0.342 e. The molecule has 0 aliphatic carbocycles. The van der Waals surface area contributed by atoms with Gasteiger partial charge in [-0.05, 0) is 19.1 Å². The number of hydrogen-bond donors (Lipinski definition) is 0. The summed E-state index contributed by atoms with van der Waals surface area (Å²) in [7, 11) is 0. The summed E-state index contributed by atoms with van der Waals surface area (Å²) < 4.78 is 16.5. The van der Waals surface area contributed by atoms with E-state index in [4.69, 9.17) is 13.9 Å². The van der Waals surface area contributed by atoms with Crippen LogP contribution in [0.3, 0.4) is 0 Å². The van der Waals surface area contributed by atoms with Crippen LogP contribution in [0.1, 0.15) is 5.56 Å². The molecule has 1 fully saturated rings. The van der Waals surface area contributed by atoms with Crippen molar-refractivity contribution < 1.29 is 13.9 Å². The first kappa shape index (κ1) is 14.1. The molecule has 2 aromatic rings. The van der Waals surface area contributed by atoms with Gasteiger partial charge in [0.05, 0.1) is 24.2 Å². The molecular weight excluding hydrogens is 270 g/mol. The van der Waals surface area contributed by atoms with E-state index in [0.29, 0.717) is 23.5 Å². The third kappa shape index (κ3) is 3.09. The van der Waals surface area contributed by atoms with Gasteiger partial charge in [0, 0.05) is 19.6 Å². The first-order chi connectivity index (χ1) is 10.3. The number of benzene rings is 1. The van der Waals surface area contributed by atoms with Crippen LogP contribution in [-0.4, -0.2) is 44.4 Å². The second-order valence-electron chi connectivity index (χ2n) is 5.14. The molecule has 1 aromatic heterocycles. The minimum Gasteiger partial charge on any atom is -0.491 e. The molecule has 0 atom stereocenters. The van der Waals surface area contributed by atoms with E-state index < -0.39 is 0 Å². The number of nitrogens with zero attached hydrogens (tertiary/aromatic N) is 1. The van der Waals surface area contributed by atoms with Gasteiger partial charge < -0.3 is 13.9 Å². The highest BCUT2D eigenvalue weighted by Crippen LogP contribution is 2.26. The molecule has 112 valence electrons. The van der Waals surface area contributed by atoms with Crippen LogP contribution in [0.2, 0.25) is 0 Å². The maximum atomic E-state index is 11.8. The zero-order valence-electron chi connectivity index (χ0n) is 12.1. The molecule has 1 aromatic carbocycles. The number of fused-ring (bicyclic) bond motifs is 1. The Kier molecular flexibility index (Phi) is 4.22. The molecule has 1 aliphatic rings. The fourth-order valence-electron chi connectivity index (χ4n) is 2.50. The number of morpholine rings is 1. The Hall–Kier alpha value is -1.85. The standard InChI is InChI=1S/C16H19NO4/c1-12-15(20-11-8-17-6-9-19-10-7-17)13-4-2-3-5-14(13)21-16(12)18/h2-5H,6-11H2,1H3. The Labute approximate surface area is 123 Å². The molecule has 0 amide bonds. The summed E-state index contributed by atoms with van der Waals surface area (Å²) in [5.74, 6) is 0.634. The quantitative estimate of drug-likeness (QED) is 0.804. The van der Waals surface area contributed by atoms with Crippen molar-refractivity contribution in [2.24, 2.45) is 0 Å². The van der Waals surface area contributed by atoms with Gasteiger partial charge in [0.2, 0.25) is 0 Å². The number of ether oxygens (including phenoxy) is 2. The lowest BCUT2D eigenvalue weighted by Crippen LogP contribution is -2.38. The summed E-state index contributed by atoms with van der Waals surface area (Å²) in [6.07, 6.45) is 0. The normalized spacial score (nSPS) is 16.2. The molecule has 1 saturated heterocycles. The van der Waals surface area contributed by atoms with Crippen LogP contribution < -0.4 is 10.4 Å². The van der Waals surface area contributed by atoms with Gasteiger partial charge in [-0.2, -0.15) is 0 Å². The van der Waals surface area contributed by atoms with Gasteiger partial charge in [0.1, 0.15) is 17.9 Å². The molecule has 3 rings (SSSR count). The van der Waals surface area contributed by atoms with Crippen molar-refractivity contribution in [3.8, 4) is 5.75 Å². The van der Waals surface area contributed by atoms with Crippen LogP contribution in [0.5, 0.6) is 5.75 Å². The summed E-state index contributed by atoms with van der Waals surface area (Å²) in [5, 5.41) is 0.844. The van der Waals surface area contributed by atoms with Gasteiger partial charge in [0.25, 0.3) is 0 Å². The molecular formula is C16H19NO4. The van der Waals surface area contributed by atoms with Crippen molar-refractivity contribution in [2.75, 3.05) is 39.5 Å². The second kappa shape index (κ2) is 6.28. The van der Waals surface area contributed by atoms with Crippen LogP contribution in [-0.2, 0) is 4.74 Å². The van der Waals surface area contributed by atoms with Crippen LogP contribution in [0.15, 0.2) is 33.5 Å². The fourth-order valence-corrected chi connectivity index (χ4v) is 2.50. The van der Waals surface area contributed by atoms with Crippen molar-refractivity contribution in [3.63, 3.8) is 0 Å². The molecule has 0 spiro atoms. The van der Waals surface area contributed by atoms with Crippen LogP contribution in [0.4, 0.5) is 0 Å². The maximum Gasteiger partial charge on any atom is 0.342 e. The van der Waals surface area contributed by atoms with E-state index in [2.05, 4.69) is 4.90 Å². The van der Waals surface area contributed by atoms with Gasteiger partial charge in [-0.25, -0.2) is 4.79 Å². The van der Waals surface area contributed by atoms with Crippen molar-refractivity contribution in [2.45, 2.75) is 6.92 Å². The lowest BCUT2D eigenvalue weighted by atomic mass is 10.1. The van der Waals surface area contributed by atoms with E-state index in [9.17, 15) is 4.79 Å². The molecule has 21 heavy (non-hydrogen) atoms. The van der Waals surface area contributed by atoms with E-state index in [-0.39, 0.29) is 5.63 Å². The zero-order valence-corrected chi connectivity index (χ0v) is 12.1.